The largest absolute Gasteiger partial charge is 0.426 e. The lowest BCUT2D eigenvalue weighted by Gasteiger charge is -2.08. The summed E-state index contributed by atoms with van der Waals surface area (Å²) in [6.45, 7) is 1.39. The zero-order valence-electron chi connectivity index (χ0n) is 11.7. The average molecular weight is 322 g/mol. The number of rotatable bonds is 4. The van der Waals surface area contributed by atoms with E-state index in [1.54, 1.807) is 12.1 Å². The highest BCUT2D eigenvalue weighted by atomic mass is 35.5. The number of carbonyl (C=O) groups excluding carboxylic acids is 2. The molecule has 114 valence electrons. The molecule has 0 unspecified atom stereocenters. The molecular formula is C16H13ClFNO3. The van der Waals surface area contributed by atoms with E-state index in [9.17, 15) is 14.0 Å². The maximum absolute atomic E-state index is 13.6. The third kappa shape index (κ3) is 4.30. The highest BCUT2D eigenvalue weighted by molar-refractivity contribution is 6.31. The molecule has 0 aromatic heterocycles. The summed E-state index contributed by atoms with van der Waals surface area (Å²) in [5, 5.41) is 2.77. The molecular weight excluding hydrogens is 309 g/mol. The molecule has 2 aromatic rings. The fourth-order valence-corrected chi connectivity index (χ4v) is 2.05. The van der Waals surface area contributed by atoms with Gasteiger partial charge in [-0.15, -0.1) is 0 Å². The number of nitrogens with one attached hydrogen (secondary N) is 1. The van der Waals surface area contributed by atoms with Gasteiger partial charge in [-0.25, -0.2) is 4.39 Å². The van der Waals surface area contributed by atoms with Crippen molar-refractivity contribution < 1.29 is 18.7 Å². The van der Waals surface area contributed by atoms with E-state index in [4.69, 9.17) is 16.3 Å². The number of anilines is 1. The summed E-state index contributed by atoms with van der Waals surface area (Å²) in [4.78, 5) is 22.7. The summed E-state index contributed by atoms with van der Waals surface area (Å²) in [5.41, 5.74) is 0.688. The second kappa shape index (κ2) is 7.04. The molecule has 0 aliphatic carbocycles. The summed E-state index contributed by atoms with van der Waals surface area (Å²) >= 11 is 5.86. The van der Waals surface area contributed by atoms with Gasteiger partial charge in [0, 0.05) is 23.2 Å². The van der Waals surface area contributed by atoms with Crippen LogP contribution in [0.2, 0.25) is 5.02 Å². The molecule has 0 saturated carbocycles. The molecule has 0 aliphatic heterocycles. The van der Waals surface area contributed by atoms with E-state index in [0.717, 1.165) is 0 Å². The standard InChI is InChI=1S/C16H13ClFNO3/c1-10(20)19-11-5-7-12(8-6-11)22-16(21)9-13-14(17)3-2-4-15(13)18/h2-8H,9H2,1H3,(H,19,20). The van der Waals surface area contributed by atoms with Gasteiger partial charge in [0.25, 0.3) is 0 Å². The lowest BCUT2D eigenvalue weighted by atomic mass is 10.1. The van der Waals surface area contributed by atoms with Gasteiger partial charge in [0.1, 0.15) is 11.6 Å². The van der Waals surface area contributed by atoms with Crippen molar-refractivity contribution in [2.24, 2.45) is 0 Å². The van der Waals surface area contributed by atoms with Gasteiger partial charge in [0.15, 0.2) is 0 Å². The first-order valence-electron chi connectivity index (χ1n) is 6.47. The number of amides is 1. The van der Waals surface area contributed by atoms with Crippen LogP contribution in [-0.4, -0.2) is 11.9 Å². The van der Waals surface area contributed by atoms with Crippen LogP contribution in [0.25, 0.3) is 0 Å². The molecule has 1 N–H and O–H groups in total. The maximum Gasteiger partial charge on any atom is 0.315 e. The molecule has 22 heavy (non-hydrogen) atoms. The minimum Gasteiger partial charge on any atom is -0.426 e. The summed E-state index contributed by atoms with van der Waals surface area (Å²) in [6, 6.07) is 10.5. The number of halogens is 2. The first kappa shape index (κ1) is 16.0. The van der Waals surface area contributed by atoms with E-state index in [-0.39, 0.29) is 22.9 Å². The van der Waals surface area contributed by atoms with Gasteiger partial charge in [-0.3, -0.25) is 9.59 Å². The molecule has 0 heterocycles. The highest BCUT2D eigenvalue weighted by Crippen LogP contribution is 2.21. The summed E-state index contributed by atoms with van der Waals surface area (Å²) in [5.74, 6) is -1.07. The molecule has 2 aromatic carbocycles. The fraction of sp³-hybridized carbons (Fsp3) is 0.125. The Morgan fingerprint density at radius 2 is 1.86 bits per heavy atom. The third-order valence-electron chi connectivity index (χ3n) is 2.79. The van der Waals surface area contributed by atoms with Crippen LogP contribution in [0.1, 0.15) is 12.5 Å². The van der Waals surface area contributed by atoms with Crippen molar-refractivity contribution in [1.82, 2.24) is 0 Å². The number of hydrogen-bond acceptors (Lipinski definition) is 3. The first-order chi connectivity index (χ1) is 10.5. The lowest BCUT2D eigenvalue weighted by molar-refractivity contribution is -0.133. The Labute approximate surface area is 131 Å². The Morgan fingerprint density at radius 3 is 2.45 bits per heavy atom. The molecule has 2 rings (SSSR count). The topological polar surface area (TPSA) is 55.4 Å². The Kier molecular flexibility index (Phi) is 5.12. The van der Waals surface area contributed by atoms with Crippen LogP contribution >= 0.6 is 11.6 Å². The molecule has 4 nitrogen and oxygen atoms in total. The Bertz CT molecular complexity index is 681. The van der Waals surface area contributed by atoms with E-state index in [1.165, 1.54) is 37.3 Å². The van der Waals surface area contributed by atoms with Crippen molar-refractivity contribution in [3.05, 3.63) is 58.9 Å². The van der Waals surface area contributed by atoms with E-state index in [1.807, 2.05) is 0 Å². The number of benzene rings is 2. The SMILES string of the molecule is CC(=O)Nc1ccc(OC(=O)Cc2c(F)cccc2Cl)cc1. The third-order valence-corrected chi connectivity index (χ3v) is 3.14. The van der Waals surface area contributed by atoms with Crippen LogP contribution in [0.4, 0.5) is 10.1 Å². The van der Waals surface area contributed by atoms with Crippen molar-refractivity contribution in [2.45, 2.75) is 13.3 Å². The summed E-state index contributed by atoms with van der Waals surface area (Å²) < 4.78 is 18.7. The quantitative estimate of drug-likeness (QED) is 0.691. The second-order valence-corrected chi connectivity index (χ2v) is 4.96. The van der Waals surface area contributed by atoms with E-state index in [2.05, 4.69) is 5.32 Å². The van der Waals surface area contributed by atoms with E-state index in [0.29, 0.717) is 11.4 Å². The van der Waals surface area contributed by atoms with Crippen LogP contribution in [0.15, 0.2) is 42.5 Å². The van der Waals surface area contributed by atoms with Gasteiger partial charge in [0.2, 0.25) is 5.91 Å². The predicted octanol–water partition coefficient (Wildman–Crippen LogP) is 3.59. The smallest absolute Gasteiger partial charge is 0.315 e. The average Bonchev–Trinajstić information content (AvgIpc) is 2.45. The molecule has 6 heteroatoms. The molecule has 0 atom stereocenters. The van der Waals surface area contributed by atoms with Crippen molar-refractivity contribution >= 4 is 29.2 Å². The van der Waals surface area contributed by atoms with Crippen molar-refractivity contribution in [2.75, 3.05) is 5.32 Å². The molecule has 0 saturated heterocycles. The van der Waals surface area contributed by atoms with Crippen LogP contribution < -0.4 is 10.1 Å². The van der Waals surface area contributed by atoms with Crippen molar-refractivity contribution in [3.8, 4) is 5.75 Å². The number of carbonyl (C=O) groups is 2. The van der Waals surface area contributed by atoms with Gasteiger partial charge in [0.05, 0.1) is 6.42 Å². The van der Waals surface area contributed by atoms with Gasteiger partial charge >= 0.3 is 5.97 Å². The number of hydrogen-bond donors (Lipinski definition) is 1. The molecule has 0 radical (unpaired) electrons. The Hall–Kier alpha value is -2.40. The van der Waals surface area contributed by atoms with Crippen LogP contribution in [0.5, 0.6) is 5.75 Å². The second-order valence-electron chi connectivity index (χ2n) is 4.56. The fourth-order valence-electron chi connectivity index (χ4n) is 1.82. The zero-order valence-corrected chi connectivity index (χ0v) is 12.5. The van der Waals surface area contributed by atoms with Gasteiger partial charge in [-0.1, -0.05) is 17.7 Å². The molecule has 1 amide bonds. The molecule has 0 bridgehead atoms. The number of ether oxygens (including phenoxy) is 1. The van der Waals surface area contributed by atoms with Gasteiger partial charge in [-0.05, 0) is 36.4 Å². The summed E-state index contributed by atoms with van der Waals surface area (Å²) in [6.07, 6.45) is -0.265. The lowest BCUT2D eigenvalue weighted by Crippen LogP contribution is -2.13. The minimum atomic E-state index is -0.626. The molecule has 0 aliphatic rings. The highest BCUT2D eigenvalue weighted by Gasteiger charge is 2.13. The van der Waals surface area contributed by atoms with Crippen molar-refractivity contribution in [3.63, 3.8) is 0 Å². The zero-order chi connectivity index (χ0) is 16.1. The predicted molar refractivity (Wildman–Crippen MR) is 81.5 cm³/mol. The van der Waals surface area contributed by atoms with Crippen LogP contribution in [-0.2, 0) is 16.0 Å². The van der Waals surface area contributed by atoms with Gasteiger partial charge < -0.3 is 10.1 Å². The van der Waals surface area contributed by atoms with Gasteiger partial charge in [-0.2, -0.15) is 0 Å². The first-order valence-corrected chi connectivity index (χ1v) is 6.84. The van der Waals surface area contributed by atoms with Crippen LogP contribution in [0, 0.1) is 5.82 Å². The minimum absolute atomic E-state index is 0.101. The Morgan fingerprint density at radius 1 is 1.18 bits per heavy atom. The molecule has 0 fully saturated rings. The molecule has 0 spiro atoms. The monoisotopic (exact) mass is 321 g/mol. The maximum atomic E-state index is 13.6. The van der Waals surface area contributed by atoms with Crippen molar-refractivity contribution in [1.29, 1.82) is 0 Å². The normalized spacial score (nSPS) is 10.1. The number of esters is 1. The Balaban J connectivity index is 2.01. The summed E-state index contributed by atoms with van der Waals surface area (Å²) in [7, 11) is 0. The van der Waals surface area contributed by atoms with E-state index < -0.39 is 11.8 Å². The van der Waals surface area contributed by atoms with Crippen LogP contribution in [0.3, 0.4) is 0 Å². The van der Waals surface area contributed by atoms with E-state index >= 15 is 0 Å².